The van der Waals surface area contributed by atoms with E-state index in [0.717, 1.165) is 38.6 Å². The van der Waals surface area contributed by atoms with E-state index in [2.05, 4.69) is 37.9 Å². The molecule has 1 aliphatic heterocycles. The first-order valence-electron chi connectivity index (χ1n) is 6.70. The lowest BCUT2D eigenvalue weighted by atomic mass is 10.1. The highest BCUT2D eigenvalue weighted by Crippen LogP contribution is 2.09. The molecule has 3 unspecified atom stereocenters. The molecule has 0 aromatic carbocycles. The van der Waals surface area contributed by atoms with Crippen molar-refractivity contribution in [3.05, 3.63) is 0 Å². The van der Waals surface area contributed by atoms with Crippen molar-refractivity contribution in [2.45, 2.75) is 46.3 Å². The van der Waals surface area contributed by atoms with Crippen LogP contribution >= 0.6 is 0 Å². The van der Waals surface area contributed by atoms with Gasteiger partial charge in [-0.2, -0.15) is 0 Å². The summed E-state index contributed by atoms with van der Waals surface area (Å²) in [5, 5.41) is 3.53. The molecule has 0 saturated carbocycles. The lowest BCUT2D eigenvalue weighted by molar-refractivity contribution is -0.0674. The molecule has 16 heavy (non-hydrogen) atoms. The van der Waals surface area contributed by atoms with Gasteiger partial charge in [-0.3, -0.25) is 4.90 Å². The predicted octanol–water partition coefficient (Wildman–Crippen LogP) is 1.73. The Morgan fingerprint density at radius 3 is 2.50 bits per heavy atom. The third-order valence-corrected chi connectivity index (χ3v) is 3.29. The van der Waals surface area contributed by atoms with Gasteiger partial charge in [0.2, 0.25) is 0 Å². The van der Waals surface area contributed by atoms with Gasteiger partial charge >= 0.3 is 0 Å². The molecule has 0 aromatic rings. The van der Waals surface area contributed by atoms with Crippen molar-refractivity contribution < 1.29 is 4.74 Å². The average molecular weight is 228 g/mol. The summed E-state index contributed by atoms with van der Waals surface area (Å²) < 4.78 is 5.72. The van der Waals surface area contributed by atoms with E-state index in [1.54, 1.807) is 0 Å². The van der Waals surface area contributed by atoms with Crippen LogP contribution < -0.4 is 5.32 Å². The number of hydrogen-bond acceptors (Lipinski definition) is 3. The number of nitrogens with zero attached hydrogens (tertiary/aromatic N) is 1. The number of nitrogens with one attached hydrogen (secondary N) is 1. The minimum Gasteiger partial charge on any atom is -0.373 e. The molecule has 0 amide bonds. The first kappa shape index (κ1) is 13.9. The topological polar surface area (TPSA) is 24.5 Å². The fourth-order valence-electron chi connectivity index (χ4n) is 2.20. The molecule has 1 fully saturated rings. The molecule has 1 aliphatic rings. The van der Waals surface area contributed by atoms with Gasteiger partial charge in [0.25, 0.3) is 0 Å². The molecular formula is C13H28N2O. The molecule has 3 nitrogen and oxygen atoms in total. The summed E-state index contributed by atoms with van der Waals surface area (Å²) in [4.78, 5) is 2.50. The molecule has 1 saturated heterocycles. The number of rotatable bonds is 6. The van der Waals surface area contributed by atoms with E-state index in [-0.39, 0.29) is 0 Å². The minimum atomic E-state index is 0.387. The normalized spacial score (nSPS) is 29.2. The number of morpholine rings is 1. The lowest BCUT2D eigenvalue weighted by Crippen LogP contribution is -2.47. The summed E-state index contributed by atoms with van der Waals surface area (Å²) in [6.07, 6.45) is 2.04. The van der Waals surface area contributed by atoms with Crippen LogP contribution in [0.1, 0.15) is 34.1 Å². The number of hydrogen-bond donors (Lipinski definition) is 1. The van der Waals surface area contributed by atoms with Crippen LogP contribution in [0.5, 0.6) is 0 Å². The Hall–Kier alpha value is -0.120. The summed E-state index contributed by atoms with van der Waals surface area (Å²) in [5.41, 5.74) is 0. The highest BCUT2D eigenvalue weighted by atomic mass is 16.5. The zero-order valence-corrected chi connectivity index (χ0v) is 11.3. The Balaban J connectivity index is 2.08. The van der Waals surface area contributed by atoms with E-state index in [1.165, 1.54) is 6.42 Å². The Labute approximate surface area is 101 Å². The van der Waals surface area contributed by atoms with Crippen molar-refractivity contribution in [3.63, 3.8) is 0 Å². The summed E-state index contributed by atoms with van der Waals surface area (Å²) in [6, 6.07) is 0. The van der Waals surface area contributed by atoms with Gasteiger partial charge in [0, 0.05) is 26.2 Å². The van der Waals surface area contributed by atoms with Crippen molar-refractivity contribution in [1.29, 1.82) is 0 Å². The van der Waals surface area contributed by atoms with Gasteiger partial charge in [0.05, 0.1) is 12.2 Å². The van der Waals surface area contributed by atoms with Crippen LogP contribution in [0.4, 0.5) is 0 Å². The predicted molar refractivity (Wildman–Crippen MR) is 68.8 cm³/mol. The lowest BCUT2D eigenvalue weighted by Gasteiger charge is -2.35. The molecule has 3 heteroatoms. The summed E-state index contributed by atoms with van der Waals surface area (Å²) in [5.74, 6) is 0.794. The Kier molecular flexibility index (Phi) is 6.32. The van der Waals surface area contributed by atoms with Crippen LogP contribution in [-0.2, 0) is 4.74 Å². The zero-order valence-electron chi connectivity index (χ0n) is 11.3. The van der Waals surface area contributed by atoms with Gasteiger partial charge in [0.15, 0.2) is 0 Å². The van der Waals surface area contributed by atoms with E-state index in [0.29, 0.717) is 12.2 Å². The SMILES string of the molecule is CCC(C)CNCCN1CC(C)OC(C)C1. The molecule has 96 valence electrons. The highest BCUT2D eigenvalue weighted by molar-refractivity contribution is 4.73. The van der Waals surface area contributed by atoms with Crippen molar-refractivity contribution in [2.24, 2.45) is 5.92 Å². The molecule has 0 aliphatic carbocycles. The molecule has 3 atom stereocenters. The van der Waals surface area contributed by atoms with Crippen molar-refractivity contribution in [1.82, 2.24) is 10.2 Å². The molecule has 0 aromatic heterocycles. The fraction of sp³-hybridized carbons (Fsp3) is 1.00. The van der Waals surface area contributed by atoms with E-state index in [9.17, 15) is 0 Å². The number of ether oxygens (including phenoxy) is 1. The highest BCUT2D eigenvalue weighted by Gasteiger charge is 2.21. The van der Waals surface area contributed by atoms with E-state index < -0.39 is 0 Å². The first-order valence-corrected chi connectivity index (χ1v) is 6.70. The maximum absolute atomic E-state index is 5.72. The third-order valence-electron chi connectivity index (χ3n) is 3.29. The van der Waals surface area contributed by atoms with Crippen molar-refractivity contribution in [3.8, 4) is 0 Å². The Morgan fingerprint density at radius 1 is 1.31 bits per heavy atom. The molecule has 0 radical (unpaired) electrons. The zero-order chi connectivity index (χ0) is 12.0. The molecular weight excluding hydrogens is 200 g/mol. The Morgan fingerprint density at radius 2 is 1.94 bits per heavy atom. The largest absolute Gasteiger partial charge is 0.373 e. The molecule has 1 rings (SSSR count). The van der Waals surface area contributed by atoms with Gasteiger partial charge in [-0.15, -0.1) is 0 Å². The molecule has 1 N–H and O–H groups in total. The fourth-order valence-corrected chi connectivity index (χ4v) is 2.20. The van der Waals surface area contributed by atoms with Gasteiger partial charge in [0.1, 0.15) is 0 Å². The van der Waals surface area contributed by atoms with Crippen LogP contribution in [-0.4, -0.2) is 49.8 Å². The smallest absolute Gasteiger partial charge is 0.0678 e. The maximum Gasteiger partial charge on any atom is 0.0678 e. The van der Waals surface area contributed by atoms with Crippen LogP contribution in [0.25, 0.3) is 0 Å². The molecule has 0 spiro atoms. The van der Waals surface area contributed by atoms with Crippen LogP contribution in [0.3, 0.4) is 0 Å². The summed E-state index contributed by atoms with van der Waals surface area (Å²) in [7, 11) is 0. The average Bonchev–Trinajstić information content (AvgIpc) is 2.22. The molecule has 0 bridgehead atoms. The first-order chi connectivity index (χ1) is 7.61. The summed E-state index contributed by atoms with van der Waals surface area (Å²) in [6.45, 7) is 14.4. The van der Waals surface area contributed by atoms with Crippen molar-refractivity contribution in [2.75, 3.05) is 32.7 Å². The minimum absolute atomic E-state index is 0.387. The van der Waals surface area contributed by atoms with Crippen molar-refractivity contribution >= 4 is 0 Å². The summed E-state index contributed by atoms with van der Waals surface area (Å²) >= 11 is 0. The monoisotopic (exact) mass is 228 g/mol. The quantitative estimate of drug-likeness (QED) is 0.701. The van der Waals surface area contributed by atoms with Gasteiger partial charge in [-0.05, 0) is 26.3 Å². The standard InChI is InChI=1S/C13H28N2O/c1-5-11(2)8-14-6-7-15-9-12(3)16-13(4)10-15/h11-14H,5-10H2,1-4H3. The second kappa shape index (κ2) is 7.25. The third kappa shape index (κ3) is 5.28. The molecule has 1 heterocycles. The van der Waals surface area contributed by atoms with Crippen LogP contribution in [0, 0.1) is 5.92 Å². The maximum atomic E-state index is 5.72. The van der Waals surface area contributed by atoms with Crippen LogP contribution in [0.2, 0.25) is 0 Å². The van der Waals surface area contributed by atoms with E-state index in [4.69, 9.17) is 4.74 Å². The van der Waals surface area contributed by atoms with Gasteiger partial charge in [-0.25, -0.2) is 0 Å². The van der Waals surface area contributed by atoms with Gasteiger partial charge in [-0.1, -0.05) is 20.3 Å². The second-order valence-corrected chi connectivity index (χ2v) is 5.23. The second-order valence-electron chi connectivity index (χ2n) is 5.23. The van der Waals surface area contributed by atoms with Gasteiger partial charge < -0.3 is 10.1 Å². The van der Waals surface area contributed by atoms with E-state index >= 15 is 0 Å². The van der Waals surface area contributed by atoms with Crippen LogP contribution in [0.15, 0.2) is 0 Å². The Bertz CT molecular complexity index is 177. The van der Waals surface area contributed by atoms with E-state index in [1.807, 2.05) is 0 Å².